The molecule has 1 aliphatic rings. The molecule has 26 heavy (non-hydrogen) atoms. The summed E-state index contributed by atoms with van der Waals surface area (Å²) in [4.78, 5) is 40.5. The molecule has 0 radical (unpaired) electrons. The van der Waals surface area contributed by atoms with Crippen molar-refractivity contribution in [3.63, 3.8) is 0 Å². The third-order valence-corrected chi connectivity index (χ3v) is 4.43. The number of amides is 1. The monoisotopic (exact) mass is 381 g/mol. The van der Waals surface area contributed by atoms with E-state index in [1.54, 1.807) is 24.3 Å². The van der Waals surface area contributed by atoms with Gasteiger partial charge in [0.15, 0.2) is 0 Å². The van der Waals surface area contributed by atoms with Crippen LogP contribution >= 0.6 is 12.4 Å². The molecule has 1 aliphatic heterocycles. The fourth-order valence-electron chi connectivity index (χ4n) is 3.05. The van der Waals surface area contributed by atoms with Crippen LogP contribution in [0.25, 0.3) is 10.9 Å². The van der Waals surface area contributed by atoms with Gasteiger partial charge in [-0.25, -0.2) is 4.79 Å². The Bertz CT molecular complexity index is 857. The molecular formula is C17H24ClN5O3. The molecule has 142 valence electrons. The number of fused-ring (bicyclic) bond motifs is 1. The van der Waals surface area contributed by atoms with Crippen LogP contribution in [0.2, 0.25) is 0 Å². The molecule has 1 amide bonds. The van der Waals surface area contributed by atoms with Crippen LogP contribution < -0.4 is 21.9 Å². The van der Waals surface area contributed by atoms with Gasteiger partial charge in [0.2, 0.25) is 5.91 Å². The van der Waals surface area contributed by atoms with E-state index in [2.05, 4.69) is 20.5 Å². The molecule has 1 saturated heterocycles. The number of benzene rings is 1. The minimum Gasteiger partial charge on any atom is -0.355 e. The highest BCUT2D eigenvalue weighted by atomic mass is 35.5. The maximum Gasteiger partial charge on any atom is 0.328 e. The summed E-state index contributed by atoms with van der Waals surface area (Å²) in [6.07, 6.45) is 0.192. The molecule has 0 spiro atoms. The molecule has 0 unspecified atom stereocenters. The minimum absolute atomic E-state index is 0. The minimum atomic E-state index is -0.489. The van der Waals surface area contributed by atoms with Crippen molar-refractivity contribution in [1.29, 1.82) is 0 Å². The Morgan fingerprint density at radius 1 is 1.12 bits per heavy atom. The molecule has 0 atom stereocenters. The molecular weight excluding hydrogens is 358 g/mol. The molecule has 0 aliphatic carbocycles. The highest BCUT2D eigenvalue weighted by Crippen LogP contribution is 2.07. The number of nitrogens with one attached hydrogen (secondary N) is 3. The van der Waals surface area contributed by atoms with E-state index in [4.69, 9.17) is 0 Å². The Hall–Kier alpha value is -2.16. The van der Waals surface area contributed by atoms with Crippen molar-refractivity contribution >= 4 is 29.2 Å². The highest BCUT2D eigenvalue weighted by molar-refractivity contribution is 5.85. The van der Waals surface area contributed by atoms with Crippen LogP contribution in [0.4, 0.5) is 0 Å². The fraction of sp³-hybridized carbons (Fsp3) is 0.471. The van der Waals surface area contributed by atoms with Gasteiger partial charge in [-0.05, 0) is 12.1 Å². The van der Waals surface area contributed by atoms with Crippen LogP contribution in [0.1, 0.15) is 6.42 Å². The second-order valence-corrected chi connectivity index (χ2v) is 6.12. The number of halogens is 1. The van der Waals surface area contributed by atoms with E-state index in [0.29, 0.717) is 17.4 Å². The lowest BCUT2D eigenvalue weighted by atomic mass is 10.2. The quantitative estimate of drug-likeness (QED) is 0.628. The number of aromatic amines is 1. The molecule has 1 aromatic heterocycles. The van der Waals surface area contributed by atoms with Gasteiger partial charge in [0.1, 0.15) is 0 Å². The maximum atomic E-state index is 12.1. The Labute approximate surface area is 157 Å². The van der Waals surface area contributed by atoms with Crippen molar-refractivity contribution < 1.29 is 4.79 Å². The normalized spacial score (nSPS) is 14.8. The number of hydrogen-bond acceptors (Lipinski definition) is 5. The third kappa shape index (κ3) is 4.94. The van der Waals surface area contributed by atoms with Crippen LogP contribution in [0, 0.1) is 0 Å². The summed E-state index contributed by atoms with van der Waals surface area (Å²) >= 11 is 0. The van der Waals surface area contributed by atoms with Crippen LogP contribution in [-0.4, -0.2) is 59.6 Å². The zero-order valence-electron chi connectivity index (χ0n) is 14.5. The van der Waals surface area contributed by atoms with Crippen molar-refractivity contribution in [2.24, 2.45) is 0 Å². The van der Waals surface area contributed by atoms with Gasteiger partial charge in [-0.3, -0.25) is 24.0 Å². The van der Waals surface area contributed by atoms with Crippen molar-refractivity contribution in [2.75, 3.05) is 39.3 Å². The molecule has 3 rings (SSSR count). The Kier molecular flexibility index (Phi) is 7.38. The lowest BCUT2D eigenvalue weighted by Gasteiger charge is -2.27. The standard InChI is InChI=1S/C17H23N5O3.ClH/c23-15(19-8-12-21-10-6-18-7-11-21)5-9-22-14-4-2-1-3-13(14)16(24)20-17(22)25;/h1-4,18H,5-12H2,(H,19,23)(H,20,24,25);1H. The summed E-state index contributed by atoms with van der Waals surface area (Å²) in [6, 6.07) is 6.90. The largest absolute Gasteiger partial charge is 0.355 e. The summed E-state index contributed by atoms with van der Waals surface area (Å²) in [6.45, 7) is 5.61. The highest BCUT2D eigenvalue weighted by Gasteiger charge is 2.11. The van der Waals surface area contributed by atoms with E-state index >= 15 is 0 Å². The first kappa shape index (κ1) is 20.2. The van der Waals surface area contributed by atoms with Gasteiger partial charge >= 0.3 is 5.69 Å². The number of H-pyrrole nitrogens is 1. The summed E-state index contributed by atoms with van der Waals surface area (Å²) in [5, 5.41) is 6.63. The smallest absolute Gasteiger partial charge is 0.328 e. The Morgan fingerprint density at radius 2 is 1.85 bits per heavy atom. The number of carbonyl (C=O) groups excluding carboxylic acids is 1. The first-order chi connectivity index (χ1) is 12.1. The molecule has 9 heteroatoms. The van der Waals surface area contributed by atoms with Gasteiger partial charge < -0.3 is 10.6 Å². The average molecular weight is 382 g/mol. The second-order valence-electron chi connectivity index (χ2n) is 6.12. The van der Waals surface area contributed by atoms with E-state index in [-0.39, 0.29) is 31.3 Å². The van der Waals surface area contributed by atoms with Gasteiger partial charge in [-0.1, -0.05) is 12.1 Å². The van der Waals surface area contributed by atoms with Crippen LogP contribution in [-0.2, 0) is 11.3 Å². The number of aromatic nitrogens is 2. The van der Waals surface area contributed by atoms with Gasteiger partial charge in [-0.15, -0.1) is 12.4 Å². The van der Waals surface area contributed by atoms with Crippen LogP contribution in [0.15, 0.2) is 33.9 Å². The van der Waals surface area contributed by atoms with Gasteiger partial charge in [0.05, 0.1) is 10.9 Å². The first-order valence-electron chi connectivity index (χ1n) is 8.57. The van der Waals surface area contributed by atoms with Gasteiger partial charge in [-0.2, -0.15) is 0 Å². The topological polar surface area (TPSA) is 99.2 Å². The van der Waals surface area contributed by atoms with Crippen molar-refractivity contribution in [1.82, 2.24) is 25.1 Å². The van der Waals surface area contributed by atoms with Crippen LogP contribution in [0.5, 0.6) is 0 Å². The molecule has 2 heterocycles. The lowest BCUT2D eigenvalue weighted by Crippen LogP contribution is -2.46. The zero-order chi connectivity index (χ0) is 17.6. The predicted octanol–water partition coefficient (Wildman–Crippen LogP) is -0.477. The number of para-hydroxylation sites is 1. The predicted molar refractivity (Wildman–Crippen MR) is 103 cm³/mol. The van der Waals surface area contributed by atoms with Crippen molar-refractivity contribution in [3.8, 4) is 0 Å². The molecule has 1 fully saturated rings. The number of nitrogens with zero attached hydrogens (tertiary/aromatic N) is 2. The van der Waals surface area contributed by atoms with E-state index in [9.17, 15) is 14.4 Å². The van der Waals surface area contributed by atoms with Crippen LogP contribution in [0.3, 0.4) is 0 Å². The number of piperazine rings is 1. The first-order valence-corrected chi connectivity index (χ1v) is 8.57. The van der Waals surface area contributed by atoms with Gasteiger partial charge in [0.25, 0.3) is 5.56 Å². The number of aryl methyl sites for hydroxylation is 1. The van der Waals surface area contributed by atoms with E-state index < -0.39 is 11.2 Å². The average Bonchev–Trinajstić information content (AvgIpc) is 2.62. The third-order valence-electron chi connectivity index (χ3n) is 4.43. The van der Waals surface area contributed by atoms with Crippen molar-refractivity contribution in [3.05, 3.63) is 45.1 Å². The van der Waals surface area contributed by atoms with Crippen molar-refractivity contribution in [2.45, 2.75) is 13.0 Å². The summed E-state index contributed by atoms with van der Waals surface area (Å²) in [5.74, 6) is -0.0997. The lowest BCUT2D eigenvalue weighted by molar-refractivity contribution is -0.121. The Morgan fingerprint density at radius 3 is 2.62 bits per heavy atom. The summed E-state index contributed by atoms with van der Waals surface area (Å²) in [5.41, 5.74) is -0.348. The SMILES string of the molecule is Cl.O=C(CCn1c(=O)[nH]c(=O)c2ccccc21)NCCN1CCNCC1. The molecule has 2 aromatic rings. The Balaban J connectivity index is 0.00000243. The summed E-state index contributed by atoms with van der Waals surface area (Å²) < 4.78 is 1.44. The zero-order valence-corrected chi connectivity index (χ0v) is 15.3. The van der Waals surface area contributed by atoms with E-state index in [1.165, 1.54) is 4.57 Å². The molecule has 8 nitrogen and oxygen atoms in total. The number of rotatable bonds is 6. The van der Waals surface area contributed by atoms with E-state index in [1.807, 2.05) is 0 Å². The van der Waals surface area contributed by atoms with E-state index in [0.717, 1.165) is 32.7 Å². The molecule has 3 N–H and O–H groups in total. The molecule has 1 aromatic carbocycles. The fourth-order valence-corrected chi connectivity index (χ4v) is 3.05. The number of carbonyl (C=O) groups is 1. The second kappa shape index (κ2) is 9.51. The summed E-state index contributed by atoms with van der Waals surface area (Å²) in [7, 11) is 0. The molecule has 0 bridgehead atoms. The number of hydrogen-bond donors (Lipinski definition) is 3. The maximum absolute atomic E-state index is 12.1. The van der Waals surface area contributed by atoms with Gasteiger partial charge in [0, 0.05) is 52.2 Å². The molecule has 0 saturated carbocycles.